The Morgan fingerprint density at radius 3 is 2.50 bits per heavy atom. The number of nitrogens with two attached hydrogens (primary N) is 1. The van der Waals surface area contributed by atoms with E-state index in [1.54, 1.807) is 24.3 Å². The average Bonchev–Trinajstić information content (AvgIpc) is 2.38. The molecule has 0 atom stereocenters. The lowest BCUT2D eigenvalue weighted by Gasteiger charge is -2.07. The van der Waals surface area contributed by atoms with Crippen LogP contribution in [0, 0.1) is 11.3 Å². The molecule has 2 rings (SSSR count). The van der Waals surface area contributed by atoms with E-state index in [2.05, 4.69) is 16.0 Å². The summed E-state index contributed by atoms with van der Waals surface area (Å²) in [5.41, 5.74) is 7.41. The maximum Gasteiger partial charge on any atom is 0.221 e. The van der Waals surface area contributed by atoms with Crippen molar-refractivity contribution in [1.82, 2.24) is 9.97 Å². The van der Waals surface area contributed by atoms with Crippen molar-refractivity contribution < 1.29 is 0 Å². The van der Waals surface area contributed by atoms with Crippen LogP contribution in [0.2, 0.25) is 5.02 Å². The third-order valence-electron chi connectivity index (χ3n) is 2.32. The van der Waals surface area contributed by atoms with Crippen molar-refractivity contribution in [3.8, 4) is 17.3 Å². The molecule has 0 unspecified atom stereocenters. The van der Waals surface area contributed by atoms with Gasteiger partial charge in [-0.05, 0) is 18.4 Å². The number of hydrogen-bond donors (Lipinski definition) is 1. The summed E-state index contributed by atoms with van der Waals surface area (Å²) in [6.45, 7) is 0. The van der Waals surface area contributed by atoms with E-state index in [9.17, 15) is 5.26 Å². The standard InChI is InChI=1S/C12H9ClN4S/c1-18-11-9(6-14)10(16-12(15)17-11)7-2-4-8(13)5-3-7/h2-5H,1H3,(H2,15,16,17). The SMILES string of the molecule is CSc1nc(N)nc(-c2ccc(Cl)cc2)c1C#N. The van der Waals surface area contributed by atoms with Gasteiger partial charge >= 0.3 is 0 Å². The number of hydrogen-bond acceptors (Lipinski definition) is 5. The summed E-state index contributed by atoms with van der Waals surface area (Å²) in [6.07, 6.45) is 1.84. The third-order valence-corrected chi connectivity index (χ3v) is 3.25. The van der Waals surface area contributed by atoms with Crippen molar-refractivity contribution in [2.24, 2.45) is 0 Å². The topological polar surface area (TPSA) is 75.6 Å². The van der Waals surface area contributed by atoms with Crippen LogP contribution in [0.4, 0.5) is 5.95 Å². The van der Waals surface area contributed by atoms with E-state index in [0.717, 1.165) is 5.56 Å². The van der Waals surface area contributed by atoms with Crippen LogP contribution in [0.25, 0.3) is 11.3 Å². The monoisotopic (exact) mass is 276 g/mol. The number of benzene rings is 1. The molecule has 18 heavy (non-hydrogen) atoms. The van der Waals surface area contributed by atoms with Crippen LogP contribution < -0.4 is 5.73 Å². The third kappa shape index (κ3) is 2.40. The zero-order valence-corrected chi connectivity index (χ0v) is 11.1. The number of aromatic nitrogens is 2. The number of nitrogens with zero attached hydrogens (tertiary/aromatic N) is 3. The predicted molar refractivity (Wildman–Crippen MR) is 73.4 cm³/mol. The van der Waals surface area contributed by atoms with E-state index >= 15 is 0 Å². The number of thioether (sulfide) groups is 1. The Labute approximate surface area is 114 Å². The molecular formula is C12H9ClN4S. The van der Waals surface area contributed by atoms with Gasteiger partial charge in [0.15, 0.2) is 0 Å². The van der Waals surface area contributed by atoms with Crippen molar-refractivity contribution in [3.05, 3.63) is 34.9 Å². The fourth-order valence-corrected chi connectivity index (χ4v) is 2.18. The van der Waals surface area contributed by atoms with E-state index < -0.39 is 0 Å². The molecule has 0 amide bonds. The minimum atomic E-state index is 0.156. The first-order valence-electron chi connectivity index (χ1n) is 5.03. The molecule has 2 N–H and O–H groups in total. The lowest BCUT2D eigenvalue weighted by atomic mass is 10.1. The van der Waals surface area contributed by atoms with Gasteiger partial charge in [-0.3, -0.25) is 0 Å². The predicted octanol–water partition coefficient (Wildman–Crippen LogP) is 2.97. The summed E-state index contributed by atoms with van der Waals surface area (Å²) in [5.74, 6) is 0.156. The van der Waals surface area contributed by atoms with Gasteiger partial charge in [-0.15, -0.1) is 11.8 Å². The molecule has 2 aromatic rings. The summed E-state index contributed by atoms with van der Waals surface area (Å²) < 4.78 is 0. The molecule has 0 fully saturated rings. The Balaban J connectivity index is 2.67. The highest BCUT2D eigenvalue weighted by atomic mass is 35.5. The summed E-state index contributed by atoms with van der Waals surface area (Å²) in [5, 5.41) is 10.4. The summed E-state index contributed by atoms with van der Waals surface area (Å²) >= 11 is 7.20. The largest absolute Gasteiger partial charge is 0.368 e. The fraction of sp³-hybridized carbons (Fsp3) is 0.0833. The second-order valence-corrected chi connectivity index (χ2v) is 4.66. The van der Waals surface area contributed by atoms with Crippen LogP contribution in [-0.4, -0.2) is 16.2 Å². The lowest BCUT2D eigenvalue weighted by molar-refractivity contribution is 1.05. The molecule has 0 aliphatic heterocycles. The fourth-order valence-electron chi connectivity index (χ4n) is 1.52. The van der Waals surface area contributed by atoms with Gasteiger partial charge < -0.3 is 5.73 Å². The number of rotatable bonds is 2. The minimum absolute atomic E-state index is 0.156. The van der Waals surface area contributed by atoms with Crippen LogP contribution in [0.3, 0.4) is 0 Å². The smallest absolute Gasteiger partial charge is 0.221 e. The van der Waals surface area contributed by atoms with Crippen LogP contribution in [-0.2, 0) is 0 Å². The first kappa shape index (κ1) is 12.7. The van der Waals surface area contributed by atoms with Gasteiger partial charge in [0.05, 0.1) is 5.69 Å². The van der Waals surface area contributed by atoms with Crippen molar-refractivity contribution >= 4 is 29.3 Å². The molecule has 1 heterocycles. The Morgan fingerprint density at radius 1 is 1.28 bits per heavy atom. The van der Waals surface area contributed by atoms with Gasteiger partial charge in [0, 0.05) is 10.6 Å². The zero-order chi connectivity index (χ0) is 13.1. The van der Waals surface area contributed by atoms with E-state index in [0.29, 0.717) is 21.3 Å². The molecule has 0 spiro atoms. The molecule has 4 nitrogen and oxygen atoms in total. The second kappa shape index (κ2) is 5.25. The molecule has 1 aromatic heterocycles. The van der Waals surface area contributed by atoms with Crippen molar-refractivity contribution in [2.75, 3.05) is 12.0 Å². The summed E-state index contributed by atoms with van der Waals surface area (Å²) in [6, 6.07) is 9.21. The average molecular weight is 277 g/mol. The number of anilines is 1. The summed E-state index contributed by atoms with van der Waals surface area (Å²) in [4.78, 5) is 8.19. The van der Waals surface area contributed by atoms with E-state index in [4.69, 9.17) is 17.3 Å². The van der Waals surface area contributed by atoms with Crippen LogP contribution in [0.5, 0.6) is 0 Å². The van der Waals surface area contributed by atoms with Crippen molar-refractivity contribution in [1.29, 1.82) is 5.26 Å². The molecule has 0 aliphatic carbocycles. The Hall–Kier alpha value is -1.77. The van der Waals surface area contributed by atoms with Gasteiger partial charge in [0.25, 0.3) is 0 Å². The Bertz CT molecular complexity index is 619. The molecule has 6 heteroatoms. The molecule has 0 bridgehead atoms. The van der Waals surface area contributed by atoms with Crippen LogP contribution >= 0.6 is 23.4 Å². The molecule has 90 valence electrons. The first-order chi connectivity index (χ1) is 8.65. The number of nitrogen functional groups attached to an aromatic ring is 1. The van der Waals surface area contributed by atoms with Gasteiger partial charge in [0.1, 0.15) is 16.7 Å². The van der Waals surface area contributed by atoms with Crippen LogP contribution in [0.1, 0.15) is 5.56 Å². The Morgan fingerprint density at radius 2 is 1.94 bits per heavy atom. The highest BCUT2D eigenvalue weighted by molar-refractivity contribution is 7.98. The van der Waals surface area contributed by atoms with Crippen LogP contribution in [0.15, 0.2) is 29.3 Å². The molecule has 0 radical (unpaired) electrons. The highest BCUT2D eigenvalue weighted by Gasteiger charge is 2.14. The van der Waals surface area contributed by atoms with E-state index in [-0.39, 0.29) is 5.95 Å². The first-order valence-corrected chi connectivity index (χ1v) is 6.63. The lowest BCUT2D eigenvalue weighted by Crippen LogP contribution is -2.01. The number of nitriles is 1. The van der Waals surface area contributed by atoms with Gasteiger partial charge in [-0.2, -0.15) is 5.26 Å². The molecule has 0 saturated carbocycles. The molecular weight excluding hydrogens is 268 g/mol. The molecule has 1 aromatic carbocycles. The molecule has 0 aliphatic rings. The Kier molecular flexibility index (Phi) is 3.70. The zero-order valence-electron chi connectivity index (χ0n) is 9.51. The van der Waals surface area contributed by atoms with Gasteiger partial charge in [0.2, 0.25) is 5.95 Å². The van der Waals surface area contributed by atoms with Crippen molar-refractivity contribution in [3.63, 3.8) is 0 Å². The van der Waals surface area contributed by atoms with Crippen molar-refractivity contribution in [2.45, 2.75) is 5.03 Å². The molecule has 0 saturated heterocycles. The minimum Gasteiger partial charge on any atom is -0.368 e. The highest BCUT2D eigenvalue weighted by Crippen LogP contribution is 2.28. The van der Waals surface area contributed by atoms with Gasteiger partial charge in [-0.1, -0.05) is 23.7 Å². The van der Waals surface area contributed by atoms with E-state index in [1.807, 2.05) is 6.26 Å². The van der Waals surface area contributed by atoms with E-state index in [1.165, 1.54) is 11.8 Å². The van der Waals surface area contributed by atoms with Gasteiger partial charge in [-0.25, -0.2) is 9.97 Å². The summed E-state index contributed by atoms with van der Waals surface area (Å²) in [7, 11) is 0. The maximum atomic E-state index is 9.23. The number of halogens is 1. The normalized spacial score (nSPS) is 10.1. The second-order valence-electron chi connectivity index (χ2n) is 3.43. The maximum absolute atomic E-state index is 9.23. The quantitative estimate of drug-likeness (QED) is 0.674.